The van der Waals surface area contributed by atoms with Crippen LogP contribution in [0.2, 0.25) is 5.02 Å². The predicted molar refractivity (Wildman–Crippen MR) is 79.6 cm³/mol. The average molecular weight is 360 g/mol. The molecule has 0 aliphatic heterocycles. The number of thiophene rings is 1. The second-order valence-electron chi connectivity index (χ2n) is 3.72. The SMILES string of the molecule is O=C(O)Cc1csc(Sc2nnnn2-c2sccc2Cl)n1. The summed E-state index contributed by atoms with van der Waals surface area (Å²) in [4.78, 5) is 14.9. The van der Waals surface area contributed by atoms with Crippen LogP contribution in [0.15, 0.2) is 26.3 Å². The predicted octanol–water partition coefficient (Wildman–Crippen LogP) is 2.61. The van der Waals surface area contributed by atoms with Crippen LogP contribution in [-0.2, 0) is 11.2 Å². The summed E-state index contributed by atoms with van der Waals surface area (Å²) in [5.41, 5.74) is 0.517. The molecule has 0 bridgehead atoms. The van der Waals surface area contributed by atoms with Crippen molar-refractivity contribution in [2.45, 2.75) is 15.9 Å². The molecule has 3 heterocycles. The highest BCUT2D eigenvalue weighted by Gasteiger charge is 2.16. The number of halogens is 1. The molecule has 0 saturated carbocycles. The maximum atomic E-state index is 10.7. The van der Waals surface area contributed by atoms with Gasteiger partial charge in [-0.3, -0.25) is 4.79 Å². The fourth-order valence-corrected chi connectivity index (χ4v) is 4.32. The van der Waals surface area contributed by atoms with Crippen LogP contribution in [0, 0.1) is 0 Å². The zero-order valence-corrected chi connectivity index (χ0v) is 13.3. The number of carboxylic acid groups (broad SMARTS) is 1. The Balaban J connectivity index is 1.83. The lowest BCUT2D eigenvalue weighted by molar-refractivity contribution is -0.136. The number of carboxylic acids is 1. The minimum atomic E-state index is -0.910. The van der Waals surface area contributed by atoms with E-state index in [-0.39, 0.29) is 6.42 Å². The molecule has 0 unspecified atom stereocenters. The third-order valence-electron chi connectivity index (χ3n) is 2.27. The number of hydrogen-bond donors (Lipinski definition) is 1. The van der Waals surface area contributed by atoms with Gasteiger partial charge < -0.3 is 5.11 Å². The highest BCUT2D eigenvalue weighted by Crippen LogP contribution is 2.33. The van der Waals surface area contributed by atoms with Gasteiger partial charge in [-0.25, -0.2) is 4.98 Å². The van der Waals surface area contributed by atoms with Crippen LogP contribution in [0.25, 0.3) is 5.00 Å². The molecule has 0 saturated heterocycles. The van der Waals surface area contributed by atoms with E-state index in [0.717, 1.165) is 5.00 Å². The second kappa shape index (κ2) is 6.10. The van der Waals surface area contributed by atoms with Crippen molar-refractivity contribution >= 4 is 52.0 Å². The molecule has 0 amide bonds. The fourth-order valence-electron chi connectivity index (χ4n) is 1.46. The summed E-state index contributed by atoms with van der Waals surface area (Å²) in [7, 11) is 0. The van der Waals surface area contributed by atoms with Gasteiger partial charge in [0.25, 0.3) is 0 Å². The summed E-state index contributed by atoms with van der Waals surface area (Å²) < 4.78 is 2.21. The minimum Gasteiger partial charge on any atom is -0.481 e. The van der Waals surface area contributed by atoms with Gasteiger partial charge in [-0.2, -0.15) is 4.68 Å². The number of tetrazole rings is 1. The number of thiazole rings is 1. The van der Waals surface area contributed by atoms with Crippen molar-refractivity contribution in [3.63, 3.8) is 0 Å². The van der Waals surface area contributed by atoms with E-state index in [9.17, 15) is 4.79 Å². The topological polar surface area (TPSA) is 93.8 Å². The summed E-state index contributed by atoms with van der Waals surface area (Å²) in [5, 5.41) is 25.6. The maximum absolute atomic E-state index is 10.7. The first-order valence-corrected chi connectivity index (χ1v) is 8.44. The van der Waals surface area contributed by atoms with Crippen LogP contribution in [0.3, 0.4) is 0 Å². The fraction of sp³-hybridized carbons (Fsp3) is 0.100. The maximum Gasteiger partial charge on any atom is 0.309 e. The lowest BCUT2D eigenvalue weighted by Gasteiger charge is -1.99. The third-order valence-corrected chi connectivity index (χ3v) is 5.50. The van der Waals surface area contributed by atoms with Crippen LogP contribution < -0.4 is 0 Å². The average Bonchev–Trinajstić information content (AvgIpc) is 3.11. The number of hydrogen-bond acceptors (Lipinski definition) is 8. The largest absolute Gasteiger partial charge is 0.481 e. The Morgan fingerprint density at radius 1 is 1.48 bits per heavy atom. The van der Waals surface area contributed by atoms with Crippen molar-refractivity contribution in [3.8, 4) is 5.00 Å². The van der Waals surface area contributed by atoms with Crippen LogP contribution in [-0.4, -0.2) is 36.3 Å². The highest BCUT2D eigenvalue weighted by molar-refractivity contribution is 8.00. The Kier molecular flexibility index (Phi) is 4.19. The van der Waals surface area contributed by atoms with Crippen molar-refractivity contribution in [2.24, 2.45) is 0 Å². The van der Waals surface area contributed by atoms with Crippen LogP contribution in [0.1, 0.15) is 5.69 Å². The molecule has 0 aromatic carbocycles. The molecule has 1 N–H and O–H groups in total. The zero-order chi connectivity index (χ0) is 14.8. The molecule has 3 aromatic rings. The molecule has 0 atom stereocenters. The van der Waals surface area contributed by atoms with Gasteiger partial charge in [-0.05, 0) is 33.6 Å². The number of carbonyl (C=O) groups is 1. The summed E-state index contributed by atoms with van der Waals surface area (Å²) in [5.74, 6) is -0.910. The van der Waals surface area contributed by atoms with E-state index in [4.69, 9.17) is 16.7 Å². The Labute approximate surface area is 135 Å². The van der Waals surface area contributed by atoms with Gasteiger partial charge in [0.05, 0.1) is 17.1 Å². The van der Waals surface area contributed by atoms with Crippen molar-refractivity contribution in [2.75, 3.05) is 0 Å². The van der Waals surface area contributed by atoms with E-state index in [1.807, 2.05) is 5.38 Å². The van der Waals surface area contributed by atoms with E-state index < -0.39 is 5.97 Å². The second-order valence-corrected chi connectivity index (χ2v) is 7.10. The van der Waals surface area contributed by atoms with E-state index in [2.05, 4.69) is 20.5 Å². The molecular formula is C10H6ClN5O2S3. The Hall–Kier alpha value is -1.49. The van der Waals surface area contributed by atoms with Crippen LogP contribution in [0.4, 0.5) is 0 Å². The standard InChI is InChI=1S/C10H6ClN5O2S3/c11-6-1-2-19-8(6)16-9(13-14-15-16)21-10-12-5(4-20-10)3-7(17)18/h1-2,4H,3H2,(H,17,18). The van der Waals surface area contributed by atoms with Gasteiger partial charge in [0.1, 0.15) is 5.00 Å². The molecule has 0 aliphatic carbocycles. The number of rotatable bonds is 5. The number of aromatic nitrogens is 5. The van der Waals surface area contributed by atoms with Crippen molar-refractivity contribution in [3.05, 3.63) is 27.5 Å². The third kappa shape index (κ3) is 3.23. The summed E-state index contributed by atoms with van der Waals surface area (Å²) in [6.45, 7) is 0. The first-order chi connectivity index (χ1) is 10.1. The van der Waals surface area contributed by atoms with Crippen LogP contribution >= 0.6 is 46.0 Å². The monoisotopic (exact) mass is 359 g/mol. The smallest absolute Gasteiger partial charge is 0.309 e. The molecule has 0 fully saturated rings. The van der Waals surface area contributed by atoms with E-state index in [1.54, 1.807) is 11.4 Å². The Bertz CT molecular complexity index is 783. The molecule has 108 valence electrons. The zero-order valence-electron chi connectivity index (χ0n) is 10.1. The van der Waals surface area contributed by atoms with Crippen molar-refractivity contribution < 1.29 is 9.90 Å². The van der Waals surface area contributed by atoms with Gasteiger partial charge in [0.15, 0.2) is 4.34 Å². The van der Waals surface area contributed by atoms with Crippen molar-refractivity contribution in [1.82, 2.24) is 25.2 Å². The molecule has 7 nitrogen and oxygen atoms in total. The van der Waals surface area contributed by atoms with Gasteiger partial charge in [-0.15, -0.1) is 27.8 Å². The lowest BCUT2D eigenvalue weighted by atomic mass is 10.3. The van der Waals surface area contributed by atoms with Crippen molar-refractivity contribution in [1.29, 1.82) is 0 Å². The van der Waals surface area contributed by atoms with Gasteiger partial charge in [0.2, 0.25) is 5.16 Å². The molecular weight excluding hydrogens is 354 g/mol. The lowest BCUT2D eigenvalue weighted by Crippen LogP contribution is -2.00. The molecule has 0 spiro atoms. The molecule has 21 heavy (non-hydrogen) atoms. The first kappa shape index (κ1) is 14.4. The summed E-state index contributed by atoms with van der Waals surface area (Å²) >= 11 is 10.1. The normalized spacial score (nSPS) is 10.9. The quantitative estimate of drug-likeness (QED) is 0.748. The Morgan fingerprint density at radius 2 is 2.33 bits per heavy atom. The van der Waals surface area contributed by atoms with E-state index in [1.165, 1.54) is 39.1 Å². The molecule has 11 heteroatoms. The molecule has 3 aromatic heterocycles. The first-order valence-electron chi connectivity index (χ1n) is 5.49. The summed E-state index contributed by atoms with van der Waals surface area (Å²) in [6, 6.07) is 1.77. The molecule has 0 aliphatic rings. The molecule has 3 rings (SSSR count). The Morgan fingerprint density at radius 3 is 3.05 bits per heavy atom. The molecule has 0 radical (unpaired) electrons. The van der Waals surface area contributed by atoms with Gasteiger partial charge in [-0.1, -0.05) is 11.6 Å². The number of nitrogens with zero attached hydrogens (tertiary/aromatic N) is 5. The minimum absolute atomic E-state index is 0.0985. The van der Waals surface area contributed by atoms with Gasteiger partial charge in [0, 0.05) is 5.38 Å². The highest BCUT2D eigenvalue weighted by atomic mass is 35.5. The summed E-state index contributed by atoms with van der Waals surface area (Å²) in [6.07, 6.45) is -0.0985. The van der Waals surface area contributed by atoms with E-state index >= 15 is 0 Å². The number of aliphatic carboxylic acids is 1. The van der Waals surface area contributed by atoms with E-state index in [0.29, 0.717) is 20.2 Å². The van der Waals surface area contributed by atoms with Gasteiger partial charge >= 0.3 is 5.97 Å². The van der Waals surface area contributed by atoms with Crippen LogP contribution in [0.5, 0.6) is 0 Å².